The lowest BCUT2D eigenvalue weighted by Gasteiger charge is -2.12. The van der Waals surface area contributed by atoms with Crippen molar-refractivity contribution in [1.29, 1.82) is 0 Å². The summed E-state index contributed by atoms with van der Waals surface area (Å²) in [6.07, 6.45) is 2.82. The Kier molecular flexibility index (Phi) is 5.81. The number of benzene rings is 1. The van der Waals surface area contributed by atoms with Gasteiger partial charge in [-0.3, -0.25) is 14.3 Å². The predicted octanol–water partition coefficient (Wildman–Crippen LogP) is 2.71. The highest BCUT2D eigenvalue weighted by Crippen LogP contribution is 2.29. The van der Waals surface area contributed by atoms with Gasteiger partial charge in [-0.1, -0.05) is 12.1 Å². The molecule has 2 rings (SSSR count). The van der Waals surface area contributed by atoms with Crippen molar-refractivity contribution >= 4 is 34.0 Å². The lowest BCUT2D eigenvalue weighted by molar-refractivity contribution is -0.384. The fraction of sp³-hybridized carbons (Fsp3) is 0.250. The molecule has 0 aliphatic heterocycles. The molecule has 1 atom stereocenters. The van der Waals surface area contributed by atoms with Gasteiger partial charge in [0, 0.05) is 40.8 Å². The number of nitro groups is 1. The van der Waals surface area contributed by atoms with Crippen LogP contribution in [0, 0.1) is 17.0 Å². The summed E-state index contributed by atoms with van der Waals surface area (Å²) in [5, 5.41) is 14.2. The second-order valence-electron chi connectivity index (χ2n) is 5.27. The summed E-state index contributed by atoms with van der Waals surface area (Å²) in [5.41, 5.74) is 1.97. The summed E-state index contributed by atoms with van der Waals surface area (Å²) < 4.78 is 16.0. The highest BCUT2D eigenvalue weighted by Gasteiger charge is 2.20. The highest BCUT2D eigenvalue weighted by molar-refractivity contribution is 7.83. The molecule has 0 saturated carbocycles. The fourth-order valence-electron chi connectivity index (χ4n) is 2.24. The minimum Gasteiger partial charge on any atom is -0.465 e. The third-order valence-electron chi connectivity index (χ3n) is 3.54. The maximum atomic E-state index is 11.5. The molecule has 0 radical (unpaired) electrons. The van der Waals surface area contributed by atoms with Gasteiger partial charge in [0.1, 0.15) is 0 Å². The third kappa shape index (κ3) is 4.38. The third-order valence-corrected chi connectivity index (χ3v) is 4.26. The topological polar surface area (TPSA) is 111 Å². The van der Waals surface area contributed by atoms with E-state index in [0.29, 0.717) is 11.4 Å². The van der Waals surface area contributed by atoms with Crippen molar-refractivity contribution in [2.45, 2.75) is 12.7 Å². The van der Waals surface area contributed by atoms with E-state index in [9.17, 15) is 19.1 Å². The van der Waals surface area contributed by atoms with Crippen molar-refractivity contribution < 1.29 is 18.7 Å². The minimum atomic E-state index is -1.01. The van der Waals surface area contributed by atoms with Gasteiger partial charge >= 0.3 is 11.7 Å². The first-order valence-corrected chi connectivity index (χ1v) is 8.94. The number of methoxy groups -OCH3 is 1. The average molecular weight is 363 g/mol. The van der Waals surface area contributed by atoms with Gasteiger partial charge < -0.3 is 10.1 Å². The van der Waals surface area contributed by atoms with Gasteiger partial charge in [-0.15, -0.1) is 0 Å². The Morgan fingerprint density at radius 3 is 2.76 bits per heavy atom. The highest BCUT2D eigenvalue weighted by atomic mass is 32.2. The van der Waals surface area contributed by atoms with E-state index < -0.39 is 21.7 Å². The second-order valence-corrected chi connectivity index (χ2v) is 6.71. The van der Waals surface area contributed by atoms with Crippen LogP contribution in [-0.2, 0) is 21.3 Å². The number of anilines is 2. The van der Waals surface area contributed by atoms with Crippen LogP contribution in [0.1, 0.15) is 21.5 Å². The smallest absolute Gasteiger partial charge is 0.339 e. The van der Waals surface area contributed by atoms with Crippen molar-refractivity contribution in [3.63, 3.8) is 0 Å². The molecular weight excluding hydrogens is 346 g/mol. The SMILES string of the molecule is COC(=O)c1cnc(Nc2cccc(CS(C)=O)c2C)c([N+](=O)[O-])c1. The van der Waals surface area contributed by atoms with E-state index in [0.717, 1.165) is 17.2 Å². The molecule has 1 heterocycles. The molecule has 9 heteroatoms. The first kappa shape index (κ1) is 18.5. The Bertz CT molecular complexity index is 854. The standard InChI is InChI=1S/C16H17N3O5S/c1-10-11(9-25(3)23)5-4-6-13(10)18-15-14(19(21)22)7-12(8-17-15)16(20)24-2/h4-8H,9H2,1-3H3,(H,17,18). The van der Waals surface area contributed by atoms with E-state index in [1.165, 1.54) is 13.3 Å². The van der Waals surface area contributed by atoms with Gasteiger partial charge in [-0.2, -0.15) is 0 Å². The number of rotatable bonds is 6. The van der Waals surface area contributed by atoms with Crippen LogP contribution < -0.4 is 5.32 Å². The van der Waals surface area contributed by atoms with Crippen LogP contribution in [0.4, 0.5) is 17.2 Å². The Morgan fingerprint density at radius 2 is 2.16 bits per heavy atom. The zero-order chi connectivity index (χ0) is 18.6. The molecule has 0 aliphatic carbocycles. The van der Waals surface area contributed by atoms with Crippen LogP contribution in [0.15, 0.2) is 30.5 Å². The predicted molar refractivity (Wildman–Crippen MR) is 94.5 cm³/mol. The van der Waals surface area contributed by atoms with E-state index in [1.807, 2.05) is 13.0 Å². The van der Waals surface area contributed by atoms with Gasteiger partial charge in [0.2, 0.25) is 5.82 Å². The summed E-state index contributed by atoms with van der Waals surface area (Å²) in [4.78, 5) is 26.2. The maximum Gasteiger partial charge on any atom is 0.339 e. The minimum absolute atomic E-state index is 0.00778. The number of nitrogens with zero attached hydrogens (tertiary/aromatic N) is 2. The van der Waals surface area contributed by atoms with Crippen LogP contribution in [0.2, 0.25) is 0 Å². The Hall–Kier alpha value is -2.81. The zero-order valence-electron chi connectivity index (χ0n) is 13.9. The number of nitrogens with one attached hydrogen (secondary N) is 1. The van der Waals surface area contributed by atoms with E-state index in [2.05, 4.69) is 15.0 Å². The summed E-state index contributed by atoms with van der Waals surface area (Å²) in [6, 6.07) is 6.48. The van der Waals surface area contributed by atoms with Crippen LogP contribution in [0.25, 0.3) is 0 Å². The lowest BCUT2D eigenvalue weighted by Crippen LogP contribution is -2.07. The molecule has 2 aromatic rings. The number of aromatic nitrogens is 1. The molecule has 0 saturated heterocycles. The largest absolute Gasteiger partial charge is 0.465 e. The fourth-order valence-corrected chi connectivity index (χ4v) is 2.99. The molecule has 1 aromatic heterocycles. The van der Waals surface area contributed by atoms with Gasteiger partial charge in [-0.25, -0.2) is 9.78 Å². The molecule has 1 N–H and O–H groups in total. The number of pyridine rings is 1. The number of ether oxygens (including phenoxy) is 1. The van der Waals surface area contributed by atoms with Crippen molar-refractivity contribution in [2.75, 3.05) is 18.7 Å². The number of carbonyl (C=O) groups is 1. The molecule has 0 spiro atoms. The van der Waals surface area contributed by atoms with Gasteiger partial charge in [-0.05, 0) is 24.1 Å². The quantitative estimate of drug-likeness (QED) is 0.477. The molecule has 25 heavy (non-hydrogen) atoms. The molecule has 0 amide bonds. The van der Waals surface area contributed by atoms with Crippen LogP contribution in [0.5, 0.6) is 0 Å². The Labute approximate surface area is 146 Å². The first-order chi connectivity index (χ1) is 11.8. The summed E-state index contributed by atoms with van der Waals surface area (Å²) >= 11 is 0. The lowest BCUT2D eigenvalue weighted by atomic mass is 10.1. The van der Waals surface area contributed by atoms with Crippen molar-refractivity contribution in [2.24, 2.45) is 0 Å². The molecule has 1 aromatic carbocycles. The molecule has 0 fully saturated rings. The zero-order valence-corrected chi connectivity index (χ0v) is 14.8. The molecule has 0 bridgehead atoms. The summed E-state index contributed by atoms with van der Waals surface area (Å²) in [7, 11) is 0.182. The van der Waals surface area contributed by atoms with Gasteiger partial charge in [0.15, 0.2) is 0 Å². The normalized spacial score (nSPS) is 11.6. The van der Waals surface area contributed by atoms with E-state index >= 15 is 0 Å². The molecular formula is C16H17N3O5S. The van der Waals surface area contributed by atoms with E-state index in [-0.39, 0.29) is 17.1 Å². The van der Waals surface area contributed by atoms with Crippen LogP contribution in [0.3, 0.4) is 0 Å². The maximum absolute atomic E-state index is 11.5. The van der Waals surface area contributed by atoms with Crippen molar-refractivity contribution in [3.8, 4) is 0 Å². The number of hydrogen-bond acceptors (Lipinski definition) is 7. The second kappa shape index (κ2) is 7.84. The molecule has 8 nitrogen and oxygen atoms in total. The number of esters is 1. The van der Waals surface area contributed by atoms with Crippen LogP contribution in [-0.4, -0.2) is 33.5 Å². The molecule has 132 valence electrons. The number of carbonyl (C=O) groups excluding carboxylic acids is 1. The van der Waals surface area contributed by atoms with Crippen LogP contribution >= 0.6 is 0 Å². The Morgan fingerprint density at radius 1 is 1.44 bits per heavy atom. The molecule has 0 aliphatic rings. The first-order valence-electron chi connectivity index (χ1n) is 7.21. The average Bonchev–Trinajstić information content (AvgIpc) is 2.57. The van der Waals surface area contributed by atoms with Gasteiger partial charge in [0.25, 0.3) is 0 Å². The monoisotopic (exact) mass is 363 g/mol. The van der Waals surface area contributed by atoms with Gasteiger partial charge in [0.05, 0.1) is 17.6 Å². The van der Waals surface area contributed by atoms with E-state index in [1.54, 1.807) is 18.4 Å². The Balaban J connectivity index is 2.42. The number of hydrogen-bond donors (Lipinski definition) is 1. The summed E-state index contributed by atoms with van der Waals surface area (Å²) in [5.74, 6) is -0.306. The van der Waals surface area contributed by atoms with E-state index in [4.69, 9.17) is 0 Å². The summed E-state index contributed by atoms with van der Waals surface area (Å²) in [6.45, 7) is 1.83. The van der Waals surface area contributed by atoms with Crippen molar-refractivity contribution in [1.82, 2.24) is 4.98 Å². The molecule has 1 unspecified atom stereocenters. The van der Waals surface area contributed by atoms with Crippen molar-refractivity contribution in [3.05, 3.63) is 57.3 Å².